The van der Waals surface area contributed by atoms with Crippen LogP contribution < -0.4 is 31.2 Å². The third-order valence-electron chi connectivity index (χ3n) is 7.97. The summed E-state index contributed by atoms with van der Waals surface area (Å²) in [5.41, 5.74) is 6.53. The maximum absolute atomic E-state index is 12.7. The molecule has 0 aliphatic rings. The lowest BCUT2D eigenvalue weighted by Gasteiger charge is -2.25. The van der Waals surface area contributed by atoms with E-state index in [1.807, 2.05) is 4.90 Å². The molecule has 0 saturated heterocycles. The zero-order valence-electron chi connectivity index (χ0n) is 27.4. The Balaban J connectivity index is 0.00000645. The van der Waals surface area contributed by atoms with Crippen LogP contribution in [-0.4, -0.2) is 12.5 Å². The van der Waals surface area contributed by atoms with Crippen molar-refractivity contribution in [3.63, 3.8) is 0 Å². The first kappa shape index (κ1) is 37.0. The summed E-state index contributed by atoms with van der Waals surface area (Å²) >= 11 is 1.69. The summed E-state index contributed by atoms with van der Waals surface area (Å²) in [6.07, 6.45) is 18.1. The zero-order valence-corrected chi connectivity index (χ0v) is 29.8. The molecule has 0 bridgehead atoms. The molecule has 238 valence electrons. The molecule has 4 nitrogen and oxygen atoms in total. The van der Waals surface area contributed by atoms with Gasteiger partial charge in [-0.15, -0.1) is 0 Å². The molecule has 0 aliphatic carbocycles. The molecular formula is C37H55BrN2O2S. The molecule has 43 heavy (non-hydrogen) atoms. The number of hydrogen-bond acceptors (Lipinski definition) is 3. The second-order valence-corrected chi connectivity index (χ2v) is 13.5. The van der Waals surface area contributed by atoms with Crippen molar-refractivity contribution in [2.45, 2.75) is 130 Å². The van der Waals surface area contributed by atoms with Crippen LogP contribution in [0.4, 0.5) is 5.69 Å². The molecule has 3 aromatic rings. The Morgan fingerprint density at radius 2 is 1.42 bits per heavy atom. The molecule has 0 saturated carbocycles. The quantitative estimate of drug-likeness (QED) is 0.101. The number of amides is 1. The Bertz CT molecular complexity index is 1170. The third kappa shape index (κ3) is 13.6. The number of carbonyl (C=O) groups excluding carboxylic acids is 1. The number of nitrogens with zero attached hydrogens (tertiary/aromatic N) is 2. The molecule has 3 rings (SSSR count). The van der Waals surface area contributed by atoms with E-state index < -0.39 is 0 Å². The van der Waals surface area contributed by atoms with Gasteiger partial charge in [-0.05, 0) is 41.2 Å². The Kier molecular flexibility index (Phi) is 17.2. The highest BCUT2D eigenvalue weighted by Crippen LogP contribution is 2.33. The normalized spacial score (nSPS) is 11.3. The van der Waals surface area contributed by atoms with E-state index in [0.29, 0.717) is 6.54 Å². The van der Waals surface area contributed by atoms with Crippen LogP contribution in [0, 0.1) is 0 Å². The van der Waals surface area contributed by atoms with Crippen molar-refractivity contribution in [2.75, 3.05) is 11.5 Å². The van der Waals surface area contributed by atoms with E-state index >= 15 is 0 Å². The lowest BCUT2D eigenvalue weighted by molar-refractivity contribution is -0.683. The number of unbranched alkanes of at least 4 members (excludes halogenated alkanes) is 11. The molecule has 2 aromatic carbocycles. The summed E-state index contributed by atoms with van der Waals surface area (Å²) in [5, 5.41) is 2.08. The van der Waals surface area contributed by atoms with Gasteiger partial charge >= 0.3 is 0 Å². The van der Waals surface area contributed by atoms with Crippen LogP contribution in [0.5, 0.6) is 5.75 Å². The molecule has 1 amide bonds. The van der Waals surface area contributed by atoms with Crippen LogP contribution in [-0.2, 0) is 23.3 Å². The number of carbonyl (C=O) groups is 1. The Morgan fingerprint density at radius 3 is 1.95 bits per heavy atom. The fraction of sp³-hybridized carbons (Fsp3) is 0.568. The van der Waals surface area contributed by atoms with Crippen molar-refractivity contribution in [2.24, 2.45) is 0 Å². The fourth-order valence-electron chi connectivity index (χ4n) is 5.44. The number of ether oxygens (including phenoxy) is 1. The molecule has 0 N–H and O–H groups in total. The molecule has 0 fully saturated rings. The third-order valence-corrected chi connectivity index (χ3v) is 8.64. The van der Waals surface area contributed by atoms with Gasteiger partial charge in [0.2, 0.25) is 11.4 Å². The molecule has 0 spiro atoms. The molecule has 1 aromatic heterocycles. The van der Waals surface area contributed by atoms with Gasteiger partial charge in [0.15, 0.2) is 12.7 Å². The summed E-state index contributed by atoms with van der Waals surface area (Å²) in [5.74, 6) is 0.989. The standard InChI is InChI=1S/C37H55N2O2S.BrH/c1-6-7-8-9-10-11-12-13-14-15-16-17-25-41-36-27-33(20-23-35(36)37(3,4)5)29-39(31(2)40)34-21-18-32(19-22-34)28-38-24-26-42-30-38;/h18-24,26-27,30H,6-17,25,28-29H2,1-5H3;1H/q+1;/p-1. The van der Waals surface area contributed by atoms with Crippen LogP contribution >= 0.6 is 11.3 Å². The average Bonchev–Trinajstić information content (AvgIpc) is 3.47. The smallest absolute Gasteiger partial charge is 0.224 e. The van der Waals surface area contributed by atoms with Gasteiger partial charge in [-0.25, -0.2) is 0 Å². The van der Waals surface area contributed by atoms with Crippen molar-refractivity contribution >= 4 is 22.9 Å². The predicted octanol–water partition coefficient (Wildman–Crippen LogP) is 7.02. The molecule has 1 heterocycles. The van der Waals surface area contributed by atoms with E-state index in [1.165, 1.54) is 81.8 Å². The van der Waals surface area contributed by atoms with E-state index in [4.69, 9.17) is 4.74 Å². The predicted molar refractivity (Wildman–Crippen MR) is 179 cm³/mol. The minimum absolute atomic E-state index is 0. The van der Waals surface area contributed by atoms with Crippen molar-refractivity contribution in [3.05, 3.63) is 76.2 Å². The van der Waals surface area contributed by atoms with Crippen LogP contribution in [0.1, 0.15) is 128 Å². The number of anilines is 1. The lowest BCUT2D eigenvalue weighted by Crippen LogP contribution is -3.00. The van der Waals surface area contributed by atoms with Gasteiger partial charge in [0.25, 0.3) is 0 Å². The van der Waals surface area contributed by atoms with Crippen molar-refractivity contribution < 1.29 is 31.1 Å². The number of halogens is 1. The van der Waals surface area contributed by atoms with Crippen molar-refractivity contribution in [3.8, 4) is 5.75 Å². The van der Waals surface area contributed by atoms with E-state index in [0.717, 1.165) is 36.6 Å². The van der Waals surface area contributed by atoms with E-state index in [2.05, 4.69) is 91.8 Å². The number of benzene rings is 2. The summed E-state index contributed by atoms with van der Waals surface area (Å²) in [6, 6.07) is 14.8. The van der Waals surface area contributed by atoms with Crippen LogP contribution in [0.2, 0.25) is 0 Å². The van der Waals surface area contributed by atoms with Gasteiger partial charge in [0.05, 0.1) is 18.5 Å². The molecule has 0 unspecified atom stereocenters. The molecule has 6 heteroatoms. The number of aromatic nitrogens is 1. The maximum Gasteiger partial charge on any atom is 0.224 e. The van der Waals surface area contributed by atoms with Gasteiger partial charge in [-0.3, -0.25) is 4.79 Å². The summed E-state index contributed by atoms with van der Waals surface area (Å²) in [6.45, 7) is 12.7. The second kappa shape index (κ2) is 20.0. The monoisotopic (exact) mass is 670 g/mol. The highest BCUT2D eigenvalue weighted by Gasteiger charge is 2.21. The molecule has 0 atom stereocenters. The minimum atomic E-state index is -0.0129. The Labute approximate surface area is 276 Å². The largest absolute Gasteiger partial charge is 1.00 e. The van der Waals surface area contributed by atoms with Gasteiger partial charge in [-0.2, -0.15) is 4.57 Å². The number of thiazole rings is 1. The molecule has 0 aliphatic heterocycles. The zero-order chi connectivity index (χ0) is 30.2. The second-order valence-electron chi connectivity index (χ2n) is 12.8. The van der Waals surface area contributed by atoms with Crippen LogP contribution in [0.3, 0.4) is 0 Å². The minimum Gasteiger partial charge on any atom is -1.00 e. The van der Waals surface area contributed by atoms with Crippen LogP contribution in [0.15, 0.2) is 59.6 Å². The highest BCUT2D eigenvalue weighted by molar-refractivity contribution is 7.07. The van der Waals surface area contributed by atoms with Gasteiger partial charge < -0.3 is 26.6 Å². The summed E-state index contributed by atoms with van der Waals surface area (Å²) in [7, 11) is 0. The lowest BCUT2D eigenvalue weighted by atomic mass is 9.85. The molecular weight excluding hydrogens is 616 g/mol. The van der Waals surface area contributed by atoms with Crippen molar-refractivity contribution in [1.82, 2.24) is 0 Å². The topological polar surface area (TPSA) is 33.4 Å². The first-order valence-electron chi connectivity index (χ1n) is 16.3. The fourth-order valence-corrected chi connectivity index (χ4v) is 6.04. The highest BCUT2D eigenvalue weighted by atomic mass is 79.9. The summed E-state index contributed by atoms with van der Waals surface area (Å²) < 4.78 is 8.57. The maximum atomic E-state index is 12.7. The first-order valence-corrected chi connectivity index (χ1v) is 17.3. The van der Waals surface area contributed by atoms with Gasteiger partial charge in [-0.1, -0.05) is 134 Å². The Morgan fingerprint density at radius 1 is 0.837 bits per heavy atom. The van der Waals surface area contributed by atoms with Gasteiger partial charge in [0, 0.05) is 18.2 Å². The molecule has 0 radical (unpaired) electrons. The van der Waals surface area contributed by atoms with E-state index in [1.54, 1.807) is 18.3 Å². The van der Waals surface area contributed by atoms with Gasteiger partial charge in [0.1, 0.15) is 5.75 Å². The average molecular weight is 672 g/mol. The SMILES string of the molecule is CCCCCCCCCCCCCCOc1cc(CN(C(C)=O)c2ccc(C[n+]3ccsc3)cc2)ccc1C(C)(C)C.[Br-]. The first-order chi connectivity index (χ1) is 20.3. The number of hydrogen-bond donors (Lipinski definition) is 0. The Hall–Kier alpha value is -2.18. The number of rotatable bonds is 19. The van der Waals surface area contributed by atoms with Crippen molar-refractivity contribution in [1.29, 1.82) is 0 Å². The van der Waals surface area contributed by atoms with E-state index in [-0.39, 0.29) is 28.3 Å². The van der Waals surface area contributed by atoms with E-state index in [9.17, 15) is 4.79 Å². The van der Waals surface area contributed by atoms with Crippen LogP contribution in [0.25, 0.3) is 0 Å². The summed E-state index contributed by atoms with van der Waals surface area (Å²) in [4.78, 5) is 14.6.